The molecule has 20 heavy (non-hydrogen) atoms. The van der Waals surface area contributed by atoms with E-state index in [1.165, 1.54) is 17.2 Å². The Bertz CT molecular complexity index is 528. The summed E-state index contributed by atoms with van der Waals surface area (Å²) in [7, 11) is 0. The number of nitrogens with two attached hydrogens (primary N) is 1. The van der Waals surface area contributed by atoms with Gasteiger partial charge in [0.05, 0.1) is 6.61 Å². The van der Waals surface area contributed by atoms with E-state index < -0.39 is 30.8 Å². The lowest BCUT2D eigenvalue weighted by Crippen LogP contribution is -2.44. The lowest BCUT2D eigenvalue weighted by Gasteiger charge is -2.31. The Morgan fingerprint density at radius 2 is 2.35 bits per heavy atom. The maximum atomic E-state index is 10.0. The van der Waals surface area contributed by atoms with Crippen LogP contribution in [0.2, 0.25) is 0 Å². The van der Waals surface area contributed by atoms with Crippen LogP contribution in [0.3, 0.4) is 0 Å². The first-order valence-electron chi connectivity index (χ1n) is 5.66. The minimum atomic E-state index is -1.96. The molecule has 3 unspecified atom stereocenters. The fourth-order valence-electron chi connectivity index (χ4n) is 2.03. The van der Waals surface area contributed by atoms with Crippen molar-refractivity contribution in [3.05, 3.63) is 35.1 Å². The summed E-state index contributed by atoms with van der Waals surface area (Å²) in [6.45, 7) is 2.85. The second-order valence-electron chi connectivity index (χ2n) is 4.31. The van der Waals surface area contributed by atoms with Crippen molar-refractivity contribution in [1.29, 1.82) is 0 Å². The highest BCUT2D eigenvalue weighted by Crippen LogP contribution is 2.36. The van der Waals surface area contributed by atoms with Crippen LogP contribution in [0.4, 0.5) is 0 Å². The third-order valence-electron chi connectivity index (χ3n) is 3.08. The number of hydrogen-bond acceptors (Lipinski definition) is 8. The topological polar surface area (TPSA) is 160 Å². The van der Waals surface area contributed by atoms with Crippen LogP contribution in [0.1, 0.15) is 0 Å². The van der Waals surface area contributed by atoms with E-state index in [0.29, 0.717) is 0 Å². The Hall–Kier alpha value is -2.10. The zero-order chi connectivity index (χ0) is 14.9. The van der Waals surface area contributed by atoms with Crippen molar-refractivity contribution < 1.29 is 20.1 Å². The molecule has 0 bridgehead atoms. The van der Waals surface area contributed by atoms with Gasteiger partial charge in [0.1, 0.15) is 23.9 Å². The zero-order valence-electron chi connectivity index (χ0n) is 10.4. The molecule has 10 heteroatoms. The molecule has 0 amide bonds. The predicted molar refractivity (Wildman–Crippen MR) is 67.6 cm³/mol. The molecule has 0 radical (unpaired) electrons. The number of nitrogens with zero attached hydrogens (tertiary/aromatic N) is 5. The molecule has 2 aliphatic heterocycles. The molecule has 1 fully saturated rings. The van der Waals surface area contributed by atoms with Gasteiger partial charge in [-0.3, -0.25) is 0 Å². The summed E-state index contributed by atoms with van der Waals surface area (Å²) in [6.07, 6.45) is -1.26. The van der Waals surface area contributed by atoms with Crippen LogP contribution >= 0.6 is 0 Å². The lowest BCUT2D eigenvalue weighted by atomic mass is 10.1. The highest BCUT2D eigenvalue weighted by atomic mass is 16.6. The van der Waals surface area contributed by atoms with Gasteiger partial charge in [-0.15, -0.1) is 0 Å². The maximum Gasteiger partial charge on any atom is 0.200 e. The van der Waals surface area contributed by atoms with Crippen molar-refractivity contribution in [2.45, 2.75) is 24.2 Å². The summed E-state index contributed by atoms with van der Waals surface area (Å²) < 4.78 is 5.34. The van der Waals surface area contributed by atoms with Gasteiger partial charge >= 0.3 is 0 Å². The lowest BCUT2D eigenvalue weighted by molar-refractivity contribution is -0.130. The molecular weight excluding hydrogens is 268 g/mol. The minimum Gasteiger partial charge on any atom is -0.393 e. The van der Waals surface area contributed by atoms with E-state index in [1.807, 2.05) is 0 Å². The van der Waals surface area contributed by atoms with Crippen LogP contribution in [-0.4, -0.2) is 56.8 Å². The largest absolute Gasteiger partial charge is 0.393 e. The van der Waals surface area contributed by atoms with Crippen LogP contribution in [0.25, 0.3) is 10.4 Å². The molecule has 10 nitrogen and oxygen atoms in total. The summed E-state index contributed by atoms with van der Waals surface area (Å²) in [5, 5.41) is 32.5. The number of rotatable bonds is 3. The number of aliphatic imine (C=N–C) groups is 1. The Morgan fingerprint density at radius 3 is 2.90 bits per heavy atom. The van der Waals surface area contributed by atoms with Crippen LogP contribution in [0.15, 0.2) is 34.8 Å². The summed E-state index contributed by atoms with van der Waals surface area (Å²) >= 11 is 0. The minimum absolute atomic E-state index is 0.177. The highest BCUT2D eigenvalue weighted by Gasteiger charge is 2.55. The average Bonchev–Trinajstić information content (AvgIpc) is 2.65. The van der Waals surface area contributed by atoms with Crippen LogP contribution < -0.4 is 5.73 Å². The van der Waals surface area contributed by atoms with E-state index in [1.54, 1.807) is 0 Å². The van der Waals surface area contributed by atoms with Gasteiger partial charge in [0.2, 0.25) is 5.72 Å². The van der Waals surface area contributed by atoms with Crippen molar-refractivity contribution in [2.24, 2.45) is 15.8 Å². The molecule has 0 aromatic heterocycles. The van der Waals surface area contributed by atoms with Gasteiger partial charge in [-0.2, -0.15) is 0 Å². The third-order valence-corrected chi connectivity index (χ3v) is 3.08. The first-order chi connectivity index (χ1) is 9.45. The normalized spacial score (nSPS) is 36.8. The van der Waals surface area contributed by atoms with Crippen molar-refractivity contribution in [2.75, 3.05) is 6.61 Å². The summed E-state index contributed by atoms with van der Waals surface area (Å²) in [5.74, 6) is 0.402. The third kappa shape index (κ3) is 2.11. The molecule has 5 N–H and O–H groups in total. The number of ether oxygens (including phenoxy) is 1. The highest BCUT2D eigenvalue weighted by molar-refractivity contribution is 5.92. The van der Waals surface area contributed by atoms with E-state index in [-0.39, 0.29) is 11.7 Å². The molecule has 0 saturated carbocycles. The Morgan fingerprint density at radius 1 is 1.65 bits per heavy atom. The average molecular weight is 282 g/mol. The van der Waals surface area contributed by atoms with Crippen LogP contribution in [-0.2, 0) is 4.74 Å². The molecule has 2 aliphatic rings. The van der Waals surface area contributed by atoms with Gasteiger partial charge in [-0.05, 0) is 11.6 Å². The molecule has 4 atom stereocenters. The maximum absolute atomic E-state index is 10.0. The molecule has 0 aromatic carbocycles. The van der Waals surface area contributed by atoms with Crippen LogP contribution in [0, 0.1) is 0 Å². The van der Waals surface area contributed by atoms with Gasteiger partial charge in [0.25, 0.3) is 0 Å². The Labute approximate surface area is 113 Å². The molecule has 108 valence electrons. The van der Waals surface area contributed by atoms with E-state index in [2.05, 4.69) is 21.6 Å². The first kappa shape index (κ1) is 14.3. The first-order valence-corrected chi connectivity index (χ1v) is 5.66. The number of hydrogen-bond donors (Lipinski definition) is 4. The molecule has 0 spiro atoms. The zero-order valence-corrected chi connectivity index (χ0v) is 10.4. The van der Waals surface area contributed by atoms with Crippen molar-refractivity contribution >= 4 is 5.84 Å². The van der Waals surface area contributed by atoms with Gasteiger partial charge in [0.15, 0.2) is 6.23 Å². The summed E-state index contributed by atoms with van der Waals surface area (Å²) in [6, 6.07) is 0. The van der Waals surface area contributed by atoms with Gasteiger partial charge < -0.3 is 30.7 Å². The van der Waals surface area contributed by atoms with Crippen molar-refractivity contribution in [3.63, 3.8) is 0 Å². The van der Waals surface area contributed by atoms with Crippen LogP contribution in [0.5, 0.6) is 0 Å². The van der Waals surface area contributed by atoms with Gasteiger partial charge in [-0.25, -0.2) is 4.99 Å². The number of amidine groups is 1. The molecule has 0 aliphatic carbocycles. The number of aliphatic hydroxyl groups is 3. The van der Waals surface area contributed by atoms with E-state index in [4.69, 9.17) is 16.0 Å². The monoisotopic (exact) mass is 282 g/mol. The molecule has 2 heterocycles. The second-order valence-corrected chi connectivity index (χ2v) is 4.31. The number of aliphatic hydroxyl groups excluding tert-OH is 3. The van der Waals surface area contributed by atoms with Crippen molar-refractivity contribution in [1.82, 2.24) is 4.90 Å². The molecule has 1 saturated heterocycles. The molecular formula is C10H14N6O4. The van der Waals surface area contributed by atoms with E-state index in [9.17, 15) is 15.3 Å². The standard InChI is InChI=1S/C10H14N6O4/c1-5-13-6(11)2-3-16(5)9-7(18)8(19)10(4-17,20-9)14-15-12/h2-3,7-9,17-19H,1,4H2,(H2,11,13)/t7?,8?,9-,10?/m1/s1. The second kappa shape index (κ2) is 5.12. The van der Waals surface area contributed by atoms with Gasteiger partial charge in [0, 0.05) is 11.1 Å². The Balaban J connectivity index is 2.30. The van der Waals surface area contributed by atoms with E-state index >= 15 is 0 Å². The quantitative estimate of drug-likeness (QED) is 0.286. The smallest absolute Gasteiger partial charge is 0.200 e. The van der Waals surface area contributed by atoms with E-state index in [0.717, 1.165) is 0 Å². The summed E-state index contributed by atoms with van der Waals surface area (Å²) in [5.41, 5.74) is 12.0. The summed E-state index contributed by atoms with van der Waals surface area (Å²) in [4.78, 5) is 7.72. The fourth-order valence-corrected chi connectivity index (χ4v) is 2.03. The van der Waals surface area contributed by atoms with Crippen molar-refractivity contribution in [3.8, 4) is 0 Å². The molecule has 0 aromatic rings. The molecule has 2 rings (SSSR count). The SMILES string of the molecule is C=C1N=C(N)C=CN1[C@@H]1OC(CO)(N=[N+]=[N-])C(O)C1O. The fraction of sp³-hybridized carbons (Fsp3) is 0.500. The Kier molecular flexibility index (Phi) is 3.66. The van der Waals surface area contributed by atoms with Gasteiger partial charge in [-0.1, -0.05) is 11.7 Å². The number of azide groups is 1. The predicted octanol–water partition coefficient (Wildman–Crippen LogP) is -1.28.